The molecule has 0 aromatic heterocycles. The molecule has 2 rings (SSSR count). The van der Waals surface area contributed by atoms with Crippen LogP contribution < -0.4 is 0 Å². The average Bonchev–Trinajstić information content (AvgIpc) is 2.31. The van der Waals surface area contributed by atoms with Crippen LogP contribution >= 0.6 is 11.6 Å². The summed E-state index contributed by atoms with van der Waals surface area (Å²) in [6.07, 6.45) is 10.9. The average molecular weight is 230 g/mol. The van der Waals surface area contributed by atoms with Gasteiger partial charge in [0.25, 0.3) is 0 Å². The highest BCUT2D eigenvalue weighted by Gasteiger charge is 2.52. The molecule has 0 aromatic rings. The van der Waals surface area contributed by atoms with Gasteiger partial charge in [-0.25, -0.2) is 0 Å². The number of nitrogens with zero attached hydrogens (tertiary/aromatic N) is 1. The molecule has 0 amide bonds. The summed E-state index contributed by atoms with van der Waals surface area (Å²) in [5, 5.41) is 3.49. The van der Waals surface area contributed by atoms with Crippen LogP contribution in [0.5, 0.6) is 0 Å². The van der Waals surface area contributed by atoms with Crippen molar-refractivity contribution in [3.8, 4) is 0 Å². The molecule has 86 valence electrons. The van der Waals surface area contributed by atoms with Gasteiger partial charge in [0.15, 0.2) is 0 Å². The molecule has 0 aromatic carbocycles. The van der Waals surface area contributed by atoms with Crippen LogP contribution in [0, 0.1) is 4.91 Å². The Labute approximate surface area is 96.7 Å². The maximum atomic E-state index is 11.3. The van der Waals surface area contributed by atoms with Gasteiger partial charge in [0, 0.05) is 0 Å². The lowest BCUT2D eigenvalue weighted by Gasteiger charge is -2.46. The zero-order valence-electron chi connectivity index (χ0n) is 9.30. The number of halogens is 1. The van der Waals surface area contributed by atoms with Crippen LogP contribution in [0.25, 0.3) is 0 Å². The monoisotopic (exact) mass is 229 g/mol. The molecule has 0 aliphatic heterocycles. The summed E-state index contributed by atoms with van der Waals surface area (Å²) in [6.45, 7) is 0. The van der Waals surface area contributed by atoms with Crippen molar-refractivity contribution in [3.63, 3.8) is 0 Å². The van der Waals surface area contributed by atoms with E-state index in [2.05, 4.69) is 5.18 Å². The number of nitroso groups, excluding NO2 is 1. The molecule has 2 aliphatic rings. The van der Waals surface area contributed by atoms with Crippen LogP contribution in [0.3, 0.4) is 0 Å². The van der Waals surface area contributed by atoms with E-state index in [1.54, 1.807) is 0 Å². The SMILES string of the molecule is O=NC1(C2(Cl)CCCCC2)CCCCC1. The molecule has 2 fully saturated rings. The zero-order chi connectivity index (χ0) is 10.8. The molecule has 0 N–H and O–H groups in total. The predicted molar refractivity (Wildman–Crippen MR) is 63.3 cm³/mol. The maximum absolute atomic E-state index is 11.3. The Hall–Kier alpha value is -0.110. The van der Waals surface area contributed by atoms with Gasteiger partial charge in [-0.05, 0) is 25.7 Å². The van der Waals surface area contributed by atoms with Crippen LogP contribution in [-0.4, -0.2) is 10.4 Å². The van der Waals surface area contributed by atoms with Crippen molar-refractivity contribution in [2.24, 2.45) is 5.18 Å². The van der Waals surface area contributed by atoms with E-state index in [1.807, 2.05) is 0 Å². The number of rotatable bonds is 2. The molecule has 0 saturated heterocycles. The highest BCUT2D eigenvalue weighted by molar-refractivity contribution is 6.25. The molecular formula is C12H20ClNO. The first-order valence-electron chi connectivity index (χ1n) is 6.26. The van der Waals surface area contributed by atoms with Gasteiger partial charge >= 0.3 is 0 Å². The maximum Gasteiger partial charge on any atom is 0.122 e. The minimum absolute atomic E-state index is 0.312. The van der Waals surface area contributed by atoms with E-state index in [-0.39, 0.29) is 4.87 Å². The van der Waals surface area contributed by atoms with Crippen molar-refractivity contribution < 1.29 is 0 Å². The predicted octanol–water partition coefficient (Wildman–Crippen LogP) is 4.40. The van der Waals surface area contributed by atoms with Crippen LogP contribution in [-0.2, 0) is 0 Å². The van der Waals surface area contributed by atoms with Crippen molar-refractivity contribution in [1.29, 1.82) is 0 Å². The van der Waals surface area contributed by atoms with Crippen LogP contribution in [0.4, 0.5) is 0 Å². The molecule has 15 heavy (non-hydrogen) atoms. The third-order valence-corrected chi connectivity index (χ3v) is 5.07. The summed E-state index contributed by atoms with van der Waals surface area (Å²) < 4.78 is 0. The fraction of sp³-hybridized carbons (Fsp3) is 1.00. The van der Waals surface area contributed by atoms with Crippen molar-refractivity contribution in [3.05, 3.63) is 4.91 Å². The van der Waals surface area contributed by atoms with Crippen LogP contribution in [0.1, 0.15) is 64.2 Å². The Morgan fingerprint density at radius 2 is 1.27 bits per heavy atom. The van der Waals surface area contributed by atoms with Crippen LogP contribution in [0.15, 0.2) is 5.18 Å². The van der Waals surface area contributed by atoms with Gasteiger partial charge in [-0.3, -0.25) is 0 Å². The first-order valence-corrected chi connectivity index (χ1v) is 6.64. The quantitative estimate of drug-likeness (QED) is 0.510. The van der Waals surface area contributed by atoms with Gasteiger partial charge in [-0.15, -0.1) is 11.6 Å². The third-order valence-electron chi connectivity index (χ3n) is 4.34. The van der Waals surface area contributed by atoms with Crippen molar-refractivity contribution >= 4 is 11.6 Å². The summed E-state index contributed by atoms with van der Waals surface area (Å²) in [4.78, 5) is 10.9. The molecule has 2 aliphatic carbocycles. The highest BCUT2D eigenvalue weighted by Crippen LogP contribution is 2.51. The number of hydrogen-bond acceptors (Lipinski definition) is 2. The molecule has 0 spiro atoms. The van der Waals surface area contributed by atoms with Crippen LogP contribution in [0.2, 0.25) is 0 Å². The second-order valence-electron chi connectivity index (χ2n) is 5.21. The Bertz CT molecular complexity index is 230. The second kappa shape index (κ2) is 4.40. The Balaban J connectivity index is 2.18. The fourth-order valence-electron chi connectivity index (χ4n) is 3.34. The Kier molecular flexibility index (Phi) is 3.34. The molecule has 0 bridgehead atoms. The van der Waals surface area contributed by atoms with E-state index in [0.717, 1.165) is 38.5 Å². The van der Waals surface area contributed by atoms with Crippen molar-refractivity contribution in [2.75, 3.05) is 0 Å². The fourth-order valence-corrected chi connectivity index (χ4v) is 3.83. The van der Waals surface area contributed by atoms with E-state index in [1.165, 1.54) is 25.7 Å². The lowest BCUT2D eigenvalue weighted by atomic mass is 9.67. The first kappa shape index (κ1) is 11.4. The van der Waals surface area contributed by atoms with Gasteiger partial charge in [0.1, 0.15) is 5.54 Å². The second-order valence-corrected chi connectivity index (χ2v) is 5.93. The molecule has 0 radical (unpaired) electrons. The minimum Gasteiger partial charge on any atom is -0.150 e. The van der Waals surface area contributed by atoms with E-state index >= 15 is 0 Å². The van der Waals surface area contributed by atoms with Crippen molar-refractivity contribution in [2.45, 2.75) is 74.6 Å². The Morgan fingerprint density at radius 3 is 1.73 bits per heavy atom. The third kappa shape index (κ3) is 1.93. The Morgan fingerprint density at radius 1 is 0.800 bits per heavy atom. The molecule has 2 nitrogen and oxygen atoms in total. The normalized spacial score (nSPS) is 29.7. The van der Waals surface area contributed by atoms with Gasteiger partial charge in [0.2, 0.25) is 0 Å². The number of alkyl halides is 1. The smallest absolute Gasteiger partial charge is 0.122 e. The van der Waals surface area contributed by atoms with E-state index in [4.69, 9.17) is 11.6 Å². The zero-order valence-corrected chi connectivity index (χ0v) is 10.1. The van der Waals surface area contributed by atoms with Crippen molar-refractivity contribution in [1.82, 2.24) is 0 Å². The van der Waals surface area contributed by atoms with E-state index < -0.39 is 5.54 Å². The lowest BCUT2D eigenvalue weighted by Crippen LogP contribution is -2.50. The molecule has 0 unspecified atom stereocenters. The summed E-state index contributed by atoms with van der Waals surface area (Å²) >= 11 is 6.72. The van der Waals surface area contributed by atoms with Gasteiger partial charge in [-0.2, -0.15) is 4.91 Å². The number of hydrogen-bond donors (Lipinski definition) is 0. The van der Waals surface area contributed by atoms with Gasteiger partial charge in [-0.1, -0.05) is 43.7 Å². The topological polar surface area (TPSA) is 29.4 Å². The van der Waals surface area contributed by atoms with E-state index in [9.17, 15) is 4.91 Å². The summed E-state index contributed by atoms with van der Waals surface area (Å²) in [6, 6.07) is 0. The van der Waals surface area contributed by atoms with Gasteiger partial charge in [0.05, 0.1) is 4.87 Å². The standard InChI is InChI=1S/C12H20ClNO/c13-11(7-3-1-4-8-11)12(14-15)9-5-2-6-10-12/h1-10H2. The summed E-state index contributed by atoms with van der Waals surface area (Å²) in [7, 11) is 0. The summed E-state index contributed by atoms with van der Waals surface area (Å²) in [5.74, 6) is 0. The molecule has 0 heterocycles. The molecule has 0 atom stereocenters. The highest BCUT2D eigenvalue weighted by atomic mass is 35.5. The minimum atomic E-state index is -0.437. The lowest BCUT2D eigenvalue weighted by molar-refractivity contribution is 0.178. The first-order chi connectivity index (χ1) is 7.22. The molecule has 2 saturated carbocycles. The van der Waals surface area contributed by atoms with Gasteiger partial charge < -0.3 is 0 Å². The molecular weight excluding hydrogens is 210 g/mol. The largest absolute Gasteiger partial charge is 0.150 e. The van der Waals surface area contributed by atoms with E-state index in [0.29, 0.717) is 0 Å². The summed E-state index contributed by atoms with van der Waals surface area (Å²) in [5.41, 5.74) is -0.437. The molecule has 3 heteroatoms.